The molecular formula is C27H25N3O5. The van der Waals surface area contributed by atoms with Gasteiger partial charge >= 0.3 is 0 Å². The molecule has 0 aliphatic carbocycles. The van der Waals surface area contributed by atoms with Crippen LogP contribution >= 0.6 is 0 Å². The number of imide groups is 1. The number of hydrogen-bond donors (Lipinski definition) is 1. The first-order chi connectivity index (χ1) is 16.8. The Kier molecular flexibility index (Phi) is 6.64. The van der Waals surface area contributed by atoms with Gasteiger partial charge in [-0.3, -0.25) is 24.1 Å². The van der Waals surface area contributed by atoms with Crippen LogP contribution in [0, 0.1) is 0 Å². The summed E-state index contributed by atoms with van der Waals surface area (Å²) in [6.07, 6.45) is 0. The van der Waals surface area contributed by atoms with Crippen LogP contribution < -0.4 is 10.1 Å². The summed E-state index contributed by atoms with van der Waals surface area (Å²) in [5.74, 6) is -0.861. The zero-order valence-electron chi connectivity index (χ0n) is 19.7. The summed E-state index contributed by atoms with van der Waals surface area (Å²) in [6, 6.07) is 18.7. The maximum Gasteiger partial charge on any atom is 0.261 e. The summed E-state index contributed by atoms with van der Waals surface area (Å²) in [7, 11) is 4.82. The third-order valence-corrected chi connectivity index (χ3v) is 5.76. The Hall–Kier alpha value is -4.46. The molecule has 8 heteroatoms. The highest BCUT2D eigenvalue weighted by molar-refractivity contribution is 6.21. The number of fused-ring (bicyclic) bond motifs is 1. The highest BCUT2D eigenvalue weighted by Gasteiger charge is 2.35. The van der Waals surface area contributed by atoms with Gasteiger partial charge in [0.25, 0.3) is 23.6 Å². The van der Waals surface area contributed by atoms with Gasteiger partial charge in [0.1, 0.15) is 5.75 Å². The lowest BCUT2D eigenvalue weighted by Gasteiger charge is -2.16. The van der Waals surface area contributed by atoms with Gasteiger partial charge in [0.2, 0.25) is 0 Å². The third-order valence-electron chi connectivity index (χ3n) is 5.76. The van der Waals surface area contributed by atoms with E-state index >= 15 is 0 Å². The third kappa shape index (κ3) is 4.77. The number of carbonyl (C=O) groups excluding carboxylic acids is 4. The molecule has 0 radical (unpaired) electrons. The Morgan fingerprint density at radius 1 is 0.886 bits per heavy atom. The number of hydrogen-bond acceptors (Lipinski definition) is 5. The average Bonchev–Trinajstić information content (AvgIpc) is 3.11. The van der Waals surface area contributed by atoms with E-state index in [2.05, 4.69) is 5.32 Å². The molecule has 178 valence electrons. The van der Waals surface area contributed by atoms with Crippen LogP contribution in [0.1, 0.15) is 52.6 Å². The molecular weight excluding hydrogens is 446 g/mol. The molecule has 0 saturated carbocycles. The monoisotopic (exact) mass is 471 g/mol. The maximum atomic E-state index is 13.0. The Morgan fingerprint density at radius 3 is 2.20 bits per heavy atom. The average molecular weight is 472 g/mol. The molecule has 0 unspecified atom stereocenters. The standard InChI is InChI=1S/C27H25N3O5/c1-29(2)25(32)19-8-6-7-17(13-19)15-28-24(31)22-14-18(11-12-23(22)35-3)16-30-26(33)20-9-4-5-10-21(20)27(30)34/h4-14H,15-16H2,1-3H3,(H,28,31). The van der Waals surface area contributed by atoms with Crippen LogP contribution in [0.15, 0.2) is 66.7 Å². The zero-order chi connectivity index (χ0) is 25.1. The Morgan fingerprint density at radius 2 is 1.57 bits per heavy atom. The molecule has 1 N–H and O–H groups in total. The normalized spacial score (nSPS) is 12.4. The lowest BCUT2D eigenvalue weighted by molar-refractivity contribution is 0.0641. The van der Waals surface area contributed by atoms with Gasteiger partial charge in [0.05, 0.1) is 30.3 Å². The predicted octanol–water partition coefficient (Wildman–Crippen LogP) is 3.12. The molecule has 4 rings (SSSR count). The van der Waals surface area contributed by atoms with Crippen molar-refractivity contribution in [2.45, 2.75) is 13.1 Å². The Bertz CT molecular complexity index is 1300. The van der Waals surface area contributed by atoms with Crippen molar-refractivity contribution in [1.29, 1.82) is 0 Å². The summed E-state index contributed by atoms with van der Waals surface area (Å²) in [6.45, 7) is 0.241. The van der Waals surface area contributed by atoms with Gasteiger partial charge in [-0.25, -0.2) is 0 Å². The fourth-order valence-corrected chi connectivity index (χ4v) is 3.95. The van der Waals surface area contributed by atoms with E-state index in [1.807, 2.05) is 6.07 Å². The fraction of sp³-hybridized carbons (Fsp3) is 0.185. The molecule has 3 aromatic rings. The van der Waals surface area contributed by atoms with Crippen LogP contribution in [0.5, 0.6) is 5.75 Å². The topological polar surface area (TPSA) is 96.0 Å². The van der Waals surface area contributed by atoms with Gasteiger partial charge in [-0.2, -0.15) is 0 Å². The molecule has 4 amide bonds. The van der Waals surface area contributed by atoms with Crippen molar-refractivity contribution in [2.75, 3.05) is 21.2 Å². The lowest BCUT2D eigenvalue weighted by atomic mass is 10.1. The van der Waals surface area contributed by atoms with Crippen LogP contribution in [0.3, 0.4) is 0 Å². The molecule has 0 spiro atoms. The highest BCUT2D eigenvalue weighted by Crippen LogP contribution is 2.26. The zero-order valence-corrected chi connectivity index (χ0v) is 19.7. The molecule has 8 nitrogen and oxygen atoms in total. The van der Waals surface area contributed by atoms with Crippen LogP contribution in [-0.4, -0.2) is 54.6 Å². The van der Waals surface area contributed by atoms with E-state index in [9.17, 15) is 19.2 Å². The number of nitrogens with zero attached hydrogens (tertiary/aromatic N) is 2. The maximum absolute atomic E-state index is 13.0. The minimum absolute atomic E-state index is 0.0330. The molecule has 1 aliphatic heterocycles. The smallest absolute Gasteiger partial charge is 0.261 e. The van der Waals surface area contributed by atoms with Crippen molar-refractivity contribution in [1.82, 2.24) is 15.1 Å². The Balaban J connectivity index is 1.50. The number of nitrogens with one attached hydrogen (secondary N) is 1. The largest absolute Gasteiger partial charge is 0.496 e. The molecule has 0 fully saturated rings. The number of amides is 4. The van der Waals surface area contributed by atoms with Gasteiger partial charge in [-0.05, 0) is 47.5 Å². The summed E-state index contributed by atoms with van der Waals surface area (Å²) >= 11 is 0. The first kappa shape index (κ1) is 23.7. The molecule has 0 bridgehead atoms. The quantitative estimate of drug-likeness (QED) is 0.534. The minimum atomic E-state index is -0.379. The number of methoxy groups -OCH3 is 1. The molecule has 35 heavy (non-hydrogen) atoms. The van der Waals surface area contributed by atoms with Gasteiger partial charge in [0.15, 0.2) is 0 Å². The highest BCUT2D eigenvalue weighted by atomic mass is 16.5. The lowest BCUT2D eigenvalue weighted by Crippen LogP contribution is -2.29. The number of rotatable bonds is 7. The Labute approximate surface area is 203 Å². The van der Waals surface area contributed by atoms with Crippen molar-refractivity contribution >= 4 is 23.6 Å². The summed E-state index contributed by atoms with van der Waals surface area (Å²) in [4.78, 5) is 53.3. The molecule has 1 aliphatic rings. The number of ether oxygens (including phenoxy) is 1. The van der Waals surface area contributed by atoms with Gasteiger partial charge in [0, 0.05) is 26.2 Å². The van der Waals surface area contributed by atoms with Gasteiger partial charge < -0.3 is 15.0 Å². The van der Waals surface area contributed by atoms with E-state index in [1.165, 1.54) is 16.9 Å². The van der Waals surface area contributed by atoms with Crippen LogP contribution in [-0.2, 0) is 13.1 Å². The van der Waals surface area contributed by atoms with Crippen molar-refractivity contribution in [3.8, 4) is 5.75 Å². The summed E-state index contributed by atoms with van der Waals surface area (Å²) in [5.41, 5.74) is 2.94. The van der Waals surface area contributed by atoms with Crippen molar-refractivity contribution in [2.24, 2.45) is 0 Å². The van der Waals surface area contributed by atoms with Crippen LogP contribution in [0.4, 0.5) is 0 Å². The van der Waals surface area contributed by atoms with Crippen molar-refractivity contribution < 1.29 is 23.9 Å². The minimum Gasteiger partial charge on any atom is -0.496 e. The van der Waals surface area contributed by atoms with Gasteiger partial charge in [-0.1, -0.05) is 30.3 Å². The van der Waals surface area contributed by atoms with Gasteiger partial charge in [-0.15, -0.1) is 0 Å². The second kappa shape index (κ2) is 9.80. The SMILES string of the molecule is COc1ccc(CN2C(=O)c3ccccc3C2=O)cc1C(=O)NCc1cccc(C(=O)N(C)C)c1. The fourth-order valence-electron chi connectivity index (χ4n) is 3.95. The first-order valence-corrected chi connectivity index (χ1v) is 11.0. The van der Waals surface area contributed by atoms with Crippen LogP contribution in [0.2, 0.25) is 0 Å². The molecule has 0 atom stereocenters. The van der Waals surface area contributed by atoms with E-state index in [0.717, 1.165) is 5.56 Å². The molecule has 0 saturated heterocycles. The van der Waals surface area contributed by atoms with Crippen molar-refractivity contribution in [3.63, 3.8) is 0 Å². The molecule has 1 heterocycles. The van der Waals surface area contributed by atoms with E-state index in [4.69, 9.17) is 4.74 Å². The molecule has 0 aromatic heterocycles. The second-order valence-corrected chi connectivity index (χ2v) is 8.36. The van der Waals surface area contributed by atoms with E-state index in [-0.39, 0.29) is 42.3 Å². The number of benzene rings is 3. The summed E-state index contributed by atoms with van der Waals surface area (Å²) < 4.78 is 5.35. The van der Waals surface area contributed by atoms with E-state index < -0.39 is 0 Å². The second-order valence-electron chi connectivity index (χ2n) is 8.36. The number of carbonyl (C=O) groups is 4. The first-order valence-electron chi connectivity index (χ1n) is 11.0. The summed E-state index contributed by atoms with van der Waals surface area (Å²) in [5, 5.41) is 2.85. The molecule has 3 aromatic carbocycles. The van der Waals surface area contributed by atoms with Crippen molar-refractivity contribution in [3.05, 3.63) is 100 Å². The predicted molar refractivity (Wildman–Crippen MR) is 129 cm³/mol. The van der Waals surface area contributed by atoms with Crippen LogP contribution in [0.25, 0.3) is 0 Å². The van der Waals surface area contributed by atoms with E-state index in [1.54, 1.807) is 74.8 Å². The van der Waals surface area contributed by atoms with E-state index in [0.29, 0.717) is 28.0 Å².